The van der Waals surface area contributed by atoms with Gasteiger partial charge in [0.15, 0.2) is 0 Å². The second-order valence-electron chi connectivity index (χ2n) is 6.57. The molecule has 1 saturated heterocycles. The fourth-order valence-corrected chi connectivity index (χ4v) is 3.20. The Hall–Kier alpha value is -1.10. The van der Waals surface area contributed by atoms with Gasteiger partial charge in [0.1, 0.15) is 0 Å². The van der Waals surface area contributed by atoms with Crippen LogP contribution < -0.4 is 5.73 Å². The van der Waals surface area contributed by atoms with Gasteiger partial charge < -0.3 is 15.7 Å². The summed E-state index contributed by atoms with van der Waals surface area (Å²) in [5.74, 6) is 0.402. The molecule has 23 heavy (non-hydrogen) atoms. The number of halogens is 1. The second-order valence-corrected chi connectivity index (χ2v) is 7.01. The standard InChI is InChI=1S/C18H27ClN2O2/c1-3-12(2)16(20)18(23)21-10-8-14(9-11-21)17(22)13-4-6-15(19)7-5-13/h4-7,12,14,16-17,22H,3,8-11,20H2,1-2H3. The first-order valence-electron chi connectivity index (χ1n) is 8.42. The fourth-order valence-electron chi connectivity index (χ4n) is 3.08. The normalized spacial score (nSPS) is 20.1. The van der Waals surface area contributed by atoms with Crippen LogP contribution >= 0.6 is 11.6 Å². The summed E-state index contributed by atoms with van der Waals surface area (Å²) in [6.45, 7) is 5.39. The van der Waals surface area contributed by atoms with Crippen LogP contribution in [0, 0.1) is 11.8 Å². The summed E-state index contributed by atoms with van der Waals surface area (Å²) >= 11 is 5.89. The van der Waals surface area contributed by atoms with Gasteiger partial charge in [0.25, 0.3) is 0 Å². The van der Waals surface area contributed by atoms with Gasteiger partial charge in [-0.3, -0.25) is 4.79 Å². The van der Waals surface area contributed by atoms with E-state index >= 15 is 0 Å². The number of likely N-dealkylation sites (tertiary alicyclic amines) is 1. The zero-order valence-corrected chi connectivity index (χ0v) is 14.7. The Morgan fingerprint density at radius 2 is 1.91 bits per heavy atom. The minimum absolute atomic E-state index is 0.0405. The number of aliphatic hydroxyl groups excluding tert-OH is 1. The Bertz CT molecular complexity index is 512. The van der Waals surface area contributed by atoms with Crippen LogP contribution in [0.4, 0.5) is 0 Å². The van der Waals surface area contributed by atoms with Crippen LogP contribution in [0.3, 0.4) is 0 Å². The summed E-state index contributed by atoms with van der Waals surface area (Å²) in [6.07, 6.45) is 1.98. The maximum Gasteiger partial charge on any atom is 0.239 e. The van der Waals surface area contributed by atoms with Crippen molar-refractivity contribution in [3.63, 3.8) is 0 Å². The highest BCUT2D eigenvalue weighted by Crippen LogP contribution is 2.31. The van der Waals surface area contributed by atoms with Crippen LogP contribution in [0.15, 0.2) is 24.3 Å². The van der Waals surface area contributed by atoms with Crippen molar-refractivity contribution in [2.24, 2.45) is 17.6 Å². The van der Waals surface area contributed by atoms with Crippen LogP contribution in [-0.4, -0.2) is 35.0 Å². The van der Waals surface area contributed by atoms with Gasteiger partial charge in [-0.1, -0.05) is 44.0 Å². The highest BCUT2D eigenvalue weighted by atomic mass is 35.5. The van der Waals surface area contributed by atoms with E-state index in [4.69, 9.17) is 17.3 Å². The first-order chi connectivity index (χ1) is 10.9. The van der Waals surface area contributed by atoms with Crippen molar-refractivity contribution in [1.29, 1.82) is 0 Å². The van der Waals surface area contributed by atoms with E-state index in [1.807, 2.05) is 30.9 Å². The molecule has 3 N–H and O–H groups in total. The van der Waals surface area contributed by atoms with Crippen molar-refractivity contribution in [2.75, 3.05) is 13.1 Å². The smallest absolute Gasteiger partial charge is 0.239 e. The molecule has 0 aromatic heterocycles. The van der Waals surface area contributed by atoms with Gasteiger partial charge >= 0.3 is 0 Å². The van der Waals surface area contributed by atoms with Crippen molar-refractivity contribution in [3.05, 3.63) is 34.9 Å². The number of nitrogens with zero attached hydrogens (tertiary/aromatic N) is 1. The lowest BCUT2D eigenvalue weighted by molar-refractivity contribution is -0.135. The van der Waals surface area contributed by atoms with E-state index in [1.54, 1.807) is 12.1 Å². The van der Waals surface area contributed by atoms with Gasteiger partial charge in [-0.05, 0) is 42.4 Å². The van der Waals surface area contributed by atoms with E-state index in [0.29, 0.717) is 18.1 Å². The van der Waals surface area contributed by atoms with Crippen LogP contribution in [-0.2, 0) is 4.79 Å². The van der Waals surface area contributed by atoms with Crippen LogP contribution in [0.5, 0.6) is 0 Å². The Morgan fingerprint density at radius 1 is 1.35 bits per heavy atom. The summed E-state index contributed by atoms with van der Waals surface area (Å²) in [6, 6.07) is 6.90. The van der Waals surface area contributed by atoms with E-state index < -0.39 is 12.1 Å². The number of nitrogens with two attached hydrogens (primary N) is 1. The fraction of sp³-hybridized carbons (Fsp3) is 0.611. The summed E-state index contributed by atoms with van der Waals surface area (Å²) in [5, 5.41) is 11.2. The van der Waals surface area contributed by atoms with Crippen molar-refractivity contribution in [3.8, 4) is 0 Å². The molecular weight excluding hydrogens is 312 g/mol. The van der Waals surface area contributed by atoms with E-state index in [2.05, 4.69) is 0 Å². The number of hydrogen-bond donors (Lipinski definition) is 2. The van der Waals surface area contributed by atoms with Crippen LogP contribution in [0.25, 0.3) is 0 Å². The number of aliphatic hydroxyl groups is 1. The van der Waals surface area contributed by atoms with Crippen molar-refractivity contribution >= 4 is 17.5 Å². The molecule has 1 aliphatic rings. The highest BCUT2D eigenvalue weighted by Gasteiger charge is 2.31. The Morgan fingerprint density at radius 3 is 2.43 bits per heavy atom. The van der Waals surface area contributed by atoms with E-state index in [9.17, 15) is 9.90 Å². The molecule has 0 bridgehead atoms. The molecule has 0 saturated carbocycles. The monoisotopic (exact) mass is 338 g/mol. The largest absolute Gasteiger partial charge is 0.388 e. The van der Waals surface area contributed by atoms with Gasteiger partial charge in [-0.15, -0.1) is 0 Å². The number of piperidine rings is 1. The zero-order chi connectivity index (χ0) is 17.0. The number of benzene rings is 1. The minimum atomic E-state index is -0.507. The molecule has 2 rings (SSSR count). The molecule has 1 aliphatic heterocycles. The van der Waals surface area contributed by atoms with Gasteiger partial charge in [0.05, 0.1) is 12.1 Å². The van der Waals surface area contributed by atoms with E-state index in [1.165, 1.54) is 0 Å². The molecular formula is C18H27ClN2O2. The third-order valence-electron chi connectivity index (χ3n) is 5.05. The quantitative estimate of drug-likeness (QED) is 0.867. The lowest BCUT2D eigenvalue weighted by Gasteiger charge is -2.36. The third kappa shape index (κ3) is 4.46. The molecule has 4 nitrogen and oxygen atoms in total. The van der Waals surface area contributed by atoms with Gasteiger partial charge in [0.2, 0.25) is 5.91 Å². The summed E-state index contributed by atoms with van der Waals surface area (Å²) in [7, 11) is 0. The molecule has 1 fully saturated rings. The maximum absolute atomic E-state index is 12.4. The van der Waals surface area contributed by atoms with Crippen molar-refractivity contribution < 1.29 is 9.90 Å². The predicted molar refractivity (Wildman–Crippen MR) is 93.1 cm³/mol. The average molecular weight is 339 g/mol. The van der Waals surface area contributed by atoms with Gasteiger partial charge in [0, 0.05) is 18.1 Å². The van der Waals surface area contributed by atoms with Gasteiger partial charge in [-0.2, -0.15) is 0 Å². The predicted octanol–water partition coefficient (Wildman–Crippen LogP) is 2.99. The number of rotatable bonds is 5. The molecule has 1 heterocycles. The lowest BCUT2D eigenvalue weighted by Crippen LogP contribution is -2.50. The lowest BCUT2D eigenvalue weighted by atomic mass is 9.87. The summed E-state index contributed by atoms with van der Waals surface area (Å²) in [4.78, 5) is 14.3. The molecule has 128 valence electrons. The average Bonchev–Trinajstić information content (AvgIpc) is 2.60. The van der Waals surface area contributed by atoms with Crippen molar-refractivity contribution in [1.82, 2.24) is 4.90 Å². The Balaban J connectivity index is 1.90. The number of amides is 1. The second kappa shape index (κ2) is 8.13. The number of hydrogen-bond acceptors (Lipinski definition) is 3. The molecule has 1 aromatic carbocycles. The van der Waals surface area contributed by atoms with Crippen molar-refractivity contribution in [2.45, 2.75) is 45.3 Å². The SMILES string of the molecule is CCC(C)C(N)C(=O)N1CCC(C(O)c2ccc(Cl)cc2)CC1. The molecule has 5 heteroatoms. The summed E-state index contributed by atoms with van der Waals surface area (Å²) in [5.41, 5.74) is 6.93. The maximum atomic E-state index is 12.4. The van der Waals surface area contributed by atoms with Gasteiger partial charge in [-0.25, -0.2) is 0 Å². The van der Waals surface area contributed by atoms with E-state index in [-0.39, 0.29) is 17.7 Å². The number of carbonyl (C=O) groups excluding carboxylic acids is 1. The molecule has 3 unspecified atom stereocenters. The molecule has 3 atom stereocenters. The number of carbonyl (C=O) groups is 1. The molecule has 0 spiro atoms. The molecule has 0 radical (unpaired) electrons. The minimum Gasteiger partial charge on any atom is -0.388 e. The van der Waals surface area contributed by atoms with E-state index in [0.717, 1.165) is 24.8 Å². The third-order valence-corrected chi connectivity index (χ3v) is 5.30. The first kappa shape index (κ1) is 18.2. The Labute approximate surface area is 143 Å². The highest BCUT2D eigenvalue weighted by molar-refractivity contribution is 6.30. The molecule has 1 amide bonds. The molecule has 1 aromatic rings. The topological polar surface area (TPSA) is 66.6 Å². The van der Waals surface area contributed by atoms with Crippen LogP contribution in [0.2, 0.25) is 5.02 Å². The first-order valence-corrected chi connectivity index (χ1v) is 8.79. The molecule has 0 aliphatic carbocycles. The zero-order valence-electron chi connectivity index (χ0n) is 13.9. The Kier molecular flexibility index (Phi) is 6.45. The van der Waals surface area contributed by atoms with Crippen LogP contribution in [0.1, 0.15) is 44.8 Å². The summed E-state index contributed by atoms with van der Waals surface area (Å²) < 4.78 is 0.